The van der Waals surface area contributed by atoms with Crippen LogP contribution in [0.3, 0.4) is 0 Å². The minimum absolute atomic E-state index is 0.0283. The molecule has 1 heterocycles. The van der Waals surface area contributed by atoms with Gasteiger partial charge in [-0.3, -0.25) is 9.59 Å². The maximum atomic E-state index is 12.9. The first kappa shape index (κ1) is 17.9. The molecule has 0 N–H and O–H groups in total. The fourth-order valence-corrected chi connectivity index (χ4v) is 4.04. The van der Waals surface area contributed by atoms with E-state index in [-0.39, 0.29) is 17.9 Å². The molecule has 0 aromatic heterocycles. The van der Waals surface area contributed by atoms with E-state index in [0.29, 0.717) is 17.2 Å². The van der Waals surface area contributed by atoms with Crippen LogP contribution in [0.4, 0.5) is 0 Å². The number of amides is 2. The zero-order chi connectivity index (χ0) is 16.8. The molecule has 1 aromatic carbocycles. The molecule has 1 aliphatic heterocycles. The molecule has 0 saturated carbocycles. The van der Waals surface area contributed by atoms with Crippen LogP contribution >= 0.6 is 11.8 Å². The average molecular weight is 334 g/mol. The topological polar surface area (TPSA) is 40.6 Å². The van der Waals surface area contributed by atoms with E-state index in [9.17, 15) is 9.59 Å². The maximum absolute atomic E-state index is 12.9. The molecular weight excluding hydrogens is 308 g/mol. The van der Waals surface area contributed by atoms with Crippen molar-refractivity contribution in [2.24, 2.45) is 0 Å². The zero-order valence-electron chi connectivity index (χ0n) is 14.2. The summed E-state index contributed by atoms with van der Waals surface area (Å²) in [5.41, 5.74) is 1.66. The van der Waals surface area contributed by atoms with E-state index in [1.165, 1.54) is 0 Å². The number of carbonyl (C=O) groups is 2. The van der Waals surface area contributed by atoms with Gasteiger partial charge in [0.1, 0.15) is 6.04 Å². The van der Waals surface area contributed by atoms with Gasteiger partial charge in [0.15, 0.2) is 0 Å². The minimum atomic E-state index is -0.329. The van der Waals surface area contributed by atoms with Gasteiger partial charge in [-0.25, -0.2) is 0 Å². The summed E-state index contributed by atoms with van der Waals surface area (Å²) in [6.45, 7) is 7.62. The SMILES string of the molecule is CCCN(CCC)C(=O)C1CSCN1C(=O)c1ccccc1C. The summed E-state index contributed by atoms with van der Waals surface area (Å²) in [4.78, 5) is 29.4. The molecule has 23 heavy (non-hydrogen) atoms. The molecule has 1 fully saturated rings. The van der Waals surface area contributed by atoms with Crippen molar-refractivity contribution >= 4 is 23.6 Å². The summed E-state index contributed by atoms with van der Waals surface area (Å²) in [6, 6.07) is 7.26. The lowest BCUT2D eigenvalue weighted by molar-refractivity contribution is -0.135. The molecular formula is C18H26N2O2S. The highest BCUT2D eigenvalue weighted by atomic mass is 32.2. The fourth-order valence-electron chi connectivity index (χ4n) is 2.90. The van der Waals surface area contributed by atoms with Crippen molar-refractivity contribution in [3.05, 3.63) is 35.4 Å². The van der Waals surface area contributed by atoms with Gasteiger partial charge in [0.25, 0.3) is 5.91 Å². The predicted molar refractivity (Wildman–Crippen MR) is 95.6 cm³/mol. The summed E-state index contributed by atoms with van der Waals surface area (Å²) >= 11 is 1.66. The highest BCUT2D eigenvalue weighted by Gasteiger charge is 2.37. The van der Waals surface area contributed by atoms with Gasteiger partial charge in [0.05, 0.1) is 5.88 Å². The molecule has 1 saturated heterocycles. The third-order valence-corrected chi connectivity index (χ3v) is 5.11. The Balaban J connectivity index is 2.17. The smallest absolute Gasteiger partial charge is 0.255 e. The summed E-state index contributed by atoms with van der Waals surface area (Å²) < 4.78 is 0. The minimum Gasteiger partial charge on any atom is -0.341 e. The van der Waals surface area contributed by atoms with E-state index >= 15 is 0 Å². The molecule has 2 amide bonds. The second kappa shape index (κ2) is 8.39. The normalized spacial score (nSPS) is 17.3. The molecule has 4 nitrogen and oxygen atoms in total. The molecule has 0 aliphatic carbocycles. The molecule has 0 bridgehead atoms. The number of thioether (sulfide) groups is 1. The molecule has 126 valence electrons. The number of benzene rings is 1. The van der Waals surface area contributed by atoms with Crippen molar-refractivity contribution in [1.29, 1.82) is 0 Å². The Bertz CT molecular complexity index is 556. The Labute approximate surface area is 143 Å². The molecule has 0 radical (unpaired) electrons. The average Bonchev–Trinajstić information content (AvgIpc) is 3.03. The summed E-state index contributed by atoms with van der Waals surface area (Å²) in [7, 11) is 0. The molecule has 5 heteroatoms. The first-order valence-corrected chi connectivity index (χ1v) is 9.48. The zero-order valence-corrected chi connectivity index (χ0v) is 15.1. The molecule has 1 aromatic rings. The van der Waals surface area contributed by atoms with Gasteiger partial charge < -0.3 is 9.80 Å². The second-order valence-electron chi connectivity index (χ2n) is 5.93. The Morgan fingerprint density at radius 2 is 1.87 bits per heavy atom. The highest BCUT2D eigenvalue weighted by Crippen LogP contribution is 2.25. The van der Waals surface area contributed by atoms with Crippen molar-refractivity contribution in [2.75, 3.05) is 24.7 Å². The molecule has 1 atom stereocenters. The lowest BCUT2D eigenvalue weighted by atomic mass is 10.1. The van der Waals surface area contributed by atoms with Gasteiger partial charge in [-0.15, -0.1) is 11.8 Å². The van der Waals surface area contributed by atoms with E-state index in [0.717, 1.165) is 31.5 Å². The van der Waals surface area contributed by atoms with E-state index in [4.69, 9.17) is 0 Å². The highest BCUT2D eigenvalue weighted by molar-refractivity contribution is 7.99. The van der Waals surface area contributed by atoms with E-state index in [1.807, 2.05) is 36.1 Å². The lowest BCUT2D eigenvalue weighted by Crippen LogP contribution is -2.49. The Kier molecular flexibility index (Phi) is 6.51. The van der Waals surface area contributed by atoms with Gasteiger partial charge in [-0.05, 0) is 31.4 Å². The van der Waals surface area contributed by atoms with E-state index < -0.39 is 0 Å². The summed E-state index contributed by atoms with van der Waals surface area (Å²) in [6.07, 6.45) is 1.88. The third kappa shape index (κ3) is 4.08. The number of hydrogen-bond acceptors (Lipinski definition) is 3. The van der Waals surface area contributed by atoms with E-state index in [2.05, 4.69) is 13.8 Å². The summed E-state index contributed by atoms with van der Waals surface area (Å²) in [5, 5.41) is 0. The monoisotopic (exact) mass is 334 g/mol. The number of nitrogens with zero attached hydrogens (tertiary/aromatic N) is 2. The van der Waals surface area contributed by atoms with Crippen molar-refractivity contribution in [3.8, 4) is 0 Å². The van der Waals surface area contributed by atoms with Gasteiger partial charge in [-0.2, -0.15) is 0 Å². The van der Waals surface area contributed by atoms with Crippen LogP contribution < -0.4 is 0 Å². The van der Waals surface area contributed by atoms with Crippen LogP contribution in [-0.2, 0) is 4.79 Å². The largest absolute Gasteiger partial charge is 0.341 e. The number of carbonyl (C=O) groups excluding carboxylic acids is 2. The second-order valence-corrected chi connectivity index (χ2v) is 6.93. The van der Waals surface area contributed by atoms with Crippen LogP contribution in [-0.4, -0.2) is 52.4 Å². The Morgan fingerprint density at radius 1 is 1.22 bits per heavy atom. The van der Waals surface area contributed by atoms with Crippen LogP contribution in [0.1, 0.15) is 42.6 Å². The third-order valence-electron chi connectivity index (χ3n) is 4.10. The van der Waals surface area contributed by atoms with Crippen molar-refractivity contribution in [3.63, 3.8) is 0 Å². The quantitative estimate of drug-likeness (QED) is 0.802. The van der Waals surface area contributed by atoms with Gasteiger partial charge in [-0.1, -0.05) is 32.0 Å². The number of hydrogen-bond donors (Lipinski definition) is 0. The molecule has 1 unspecified atom stereocenters. The van der Waals surface area contributed by atoms with Gasteiger partial charge in [0.2, 0.25) is 5.91 Å². The van der Waals surface area contributed by atoms with Crippen molar-refractivity contribution < 1.29 is 9.59 Å². The molecule has 2 rings (SSSR count). The summed E-state index contributed by atoms with van der Waals surface area (Å²) in [5.74, 6) is 1.36. The van der Waals surface area contributed by atoms with Crippen LogP contribution in [0.2, 0.25) is 0 Å². The van der Waals surface area contributed by atoms with Crippen LogP contribution in [0, 0.1) is 6.92 Å². The number of rotatable bonds is 6. The van der Waals surface area contributed by atoms with Crippen LogP contribution in [0.25, 0.3) is 0 Å². The predicted octanol–water partition coefficient (Wildman–Crippen LogP) is 3.16. The lowest BCUT2D eigenvalue weighted by Gasteiger charge is -2.29. The standard InChI is InChI=1S/C18H26N2O2S/c1-4-10-19(11-5-2)18(22)16-12-23-13-20(16)17(21)15-9-7-6-8-14(15)3/h6-9,16H,4-5,10-13H2,1-3H3. The molecule has 1 aliphatic rings. The Morgan fingerprint density at radius 3 is 2.48 bits per heavy atom. The maximum Gasteiger partial charge on any atom is 0.255 e. The van der Waals surface area contributed by atoms with Crippen molar-refractivity contribution in [1.82, 2.24) is 9.80 Å². The first-order chi connectivity index (χ1) is 11.1. The van der Waals surface area contributed by atoms with Gasteiger partial charge in [0, 0.05) is 24.4 Å². The first-order valence-electron chi connectivity index (χ1n) is 8.33. The van der Waals surface area contributed by atoms with Crippen LogP contribution in [0.5, 0.6) is 0 Å². The molecule has 0 spiro atoms. The van der Waals surface area contributed by atoms with E-state index in [1.54, 1.807) is 16.7 Å². The number of aryl methyl sites for hydroxylation is 1. The fraction of sp³-hybridized carbons (Fsp3) is 0.556. The van der Waals surface area contributed by atoms with Crippen molar-refractivity contribution in [2.45, 2.75) is 39.7 Å². The van der Waals surface area contributed by atoms with Gasteiger partial charge >= 0.3 is 0 Å². The van der Waals surface area contributed by atoms with Crippen LogP contribution in [0.15, 0.2) is 24.3 Å². The Hall–Kier alpha value is -1.49.